The lowest BCUT2D eigenvalue weighted by atomic mass is 10.1. The number of nitrogens with one attached hydrogen (secondary N) is 1. The zero-order chi connectivity index (χ0) is 20.9. The first-order valence-electron chi connectivity index (χ1n) is 9.99. The van der Waals surface area contributed by atoms with Crippen LogP contribution in [0, 0.1) is 6.92 Å². The molecule has 3 aromatic carbocycles. The van der Waals surface area contributed by atoms with E-state index >= 15 is 0 Å². The Morgan fingerprint density at radius 1 is 1.00 bits per heavy atom. The Morgan fingerprint density at radius 2 is 1.77 bits per heavy atom. The number of benzene rings is 3. The summed E-state index contributed by atoms with van der Waals surface area (Å²) in [5, 5.41) is 2.96. The van der Waals surface area contributed by atoms with Gasteiger partial charge in [-0.25, -0.2) is 0 Å². The summed E-state index contributed by atoms with van der Waals surface area (Å²) in [5.41, 5.74) is 4.68. The molecule has 0 spiro atoms. The lowest BCUT2D eigenvalue weighted by Crippen LogP contribution is -2.31. The van der Waals surface area contributed by atoms with E-state index in [2.05, 4.69) is 5.32 Å². The van der Waals surface area contributed by atoms with Crippen LogP contribution in [0.5, 0.6) is 5.75 Å². The van der Waals surface area contributed by atoms with Gasteiger partial charge >= 0.3 is 0 Å². The van der Waals surface area contributed by atoms with Crippen molar-refractivity contribution in [3.8, 4) is 5.75 Å². The zero-order valence-corrected chi connectivity index (χ0v) is 16.9. The largest absolute Gasteiger partial charge is 0.483 e. The number of fused-ring (bicyclic) bond motifs is 1. The molecule has 0 fully saturated rings. The Labute approximate surface area is 176 Å². The van der Waals surface area contributed by atoms with Crippen molar-refractivity contribution in [2.45, 2.75) is 26.6 Å². The molecule has 0 aliphatic carbocycles. The third-order valence-corrected chi connectivity index (χ3v) is 5.18. The molecular weight excluding hydrogens is 376 g/mol. The average molecular weight is 400 g/mol. The Balaban J connectivity index is 1.47. The molecule has 152 valence electrons. The maximum Gasteiger partial charge on any atom is 0.261 e. The highest BCUT2D eigenvalue weighted by atomic mass is 16.5. The molecule has 1 aliphatic rings. The van der Waals surface area contributed by atoms with Gasteiger partial charge in [0.1, 0.15) is 5.75 Å². The van der Waals surface area contributed by atoms with Crippen LogP contribution in [-0.4, -0.2) is 23.3 Å². The molecule has 1 N–H and O–H groups in total. The van der Waals surface area contributed by atoms with E-state index in [-0.39, 0.29) is 18.4 Å². The first-order chi connectivity index (χ1) is 14.6. The SMILES string of the molecule is Cc1ccc(CNC(=O)c2ccc3c(c2)CN(Cc2ccccc2)C(=O)CO3)cc1. The van der Waals surface area contributed by atoms with Gasteiger partial charge in [0, 0.05) is 30.8 Å². The minimum atomic E-state index is -0.149. The lowest BCUT2D eigenvalue weighted by molar-refractivity contribution is -0.133. The number of amides is 2. The molecule has 5 heteroatoms. The smallest absolute Gasteiger partial charge is 0.261 e. The summed E-state index contributed by atoms with van der Waals surface area (Å²) in [6.07, 6.45) is 0. The number of ether oxygens (including phenoxy) is 1. The van der Waals surface area contributed by atoms with E-state index in [1.54, 1.807) is 17.0 Å². The maximum absolute atomic E-state index is 12.7. The molecule has 3 aromatic rings. The Hall–Kier alpha value is -3.60. The van der Waals surface area contributed by atoms with E-state index in [9.17, 15) is 9.59 Å². The van der Waals surface area contributed by atoms with Gasteiger partial charge in [0.2, 0.25) is 0 Å². The summed E-state index contributed by atoms with van der Waals surface area (Å²) in [6.45, 7) is 3.41. The van der Waals surface area contributed by atoms with Crippen LogP contribution in [0.4, 0.5) is 0 Å². The number of hydrogen-bond donors (Lipinski definition) is 1. The van der Waals surface area contributed by atoms with E-state index < -0.39 is 0 Å². The number of rotatable bonds is 5. The fourth-order valence-corrected chi connectivity index (χ4v) is 3.45. The zero-order valence-electron chi connectivity index (χ0n) is 16.9. The number of carbonyl (C=O) groups excluding carboxylic acids is 2. The predicted octanol–water partition coefficient (Wildman–Crippen LogP) is 3.85. The van der Waals surface area contributed by atoms with E-state index in [4.69, 9.17) is 4.74 Å². The van der Waals surface area contributed by atoms with Gasteiger partial charge in [0.15, 0.2) is 6.61 Å². The molecule has 1 heterocycles. The van der Waals surface area contributed by atoms with Gasteiger partial charge < -0.3 is 15.0 Å². The molecule has 0 saturated heterocycles. The Kier molecular flexibility index (Phi) is 5.80. The molecule has 0 bridgehead atoms. The van der Waals surface area contributed by atoms with Crippen molar-refractivity contribution in [2.75, 3.05) is 6.61 Å². The van der Waals surface area contributed by atoms with Crippen molar-refractivity contribution in [2.24, 2.45) is 0 Å². The summed E-state index contributed by atoms with van der Waals surface area (Å²) < 4.78 is 5.68. The molecule has 0 saturated carbocycles. The fourth-order valence-electron chi connectivity index (χ4n) is 3.45. The Morgan fingerprint density at radius 3 is 2.53 bits per heavy atom. The fraction of sp³-hybridized carbons (Fsp3) is 0.200. The number of aryl methyl sites for hydroxylation is 1. The molecule has 5 nitrogen and oxygen atoms in total. The number of hydrogen-bond acceptors (Lipinski definition) is 3. The molecule has 30 heavy (non-hydrogen) atoms. The van der Waals surface area contributed by atoms with Gasteiger partial charge in [-0.1, -0.05) is 60.2 Å². The second-order valence-electron chi connectivity index (χ2n) is 7.51. The summed E-state index contributed by atoms with van der Waals surface area (Å²) >= 11 is 0. The second kappa shape index (κ2) is 8.82. The van der Waals surface area contributed by atoms with Crippen LogP contribution in [-0.2, 0) is 24.4 Å². The van der Waals surface area contributed by atoms with Gasteiger partial charge in [0.05, 0.1) is 0 Å². The summed E-state index contributed by atoms with van der Waals surface area (Å²) in [6, 6.07) is 23.3. The standard InChI is InChI=1S/C25H24N2O3/c1-18-7-9-19(10-8-18)14-26-25(29)21-11-12-23-22(13-21)16-27(24(28)17-30-23)15-20-5-3-2-4-6-20/h2-13H,14-17H2,1H3,(H,26,29). The average Bonchev–Trinajstić information content (AvgIpc) is 2.92. The Bertz CT molecular complexity index is 1050. The van der Waals surface area contributed by atoms with Gasteiger partial charge in [-0.05, 0) is 36.2 Å². The van der Waals surface area contributed by atoms with Crippen LogP contribution in [0.15, 0.2) is 72.8 Å². The molecule has 2 amide bonds. The van der Waals surface area contributed by atoms with Crippen LogP contribution in [0.3, 0.4) is 0 Å². The minimum absolute atomic E-state index is 0.00119. The highest BCUT2D eigenvalue weighted by molar-refractivity contribution is 5.94. The highest BCUT2D eigenvalue weighted by Crippen LogP contribution is 2.26. The monoisotopic (exact) mass is 400 g/mol. The van der Waals surface area contributed by atoms with Crippen LogP contribution in [0.2, 0.25) is 0 Å². The third kappa shape index (κ3) is 4.69. The molecule has 0 unspecified atom stereocenters. The maximum atomic E-state index is 12.7. The third-order valence-electron chi connectivity index (χ3n) is 5.18. The molecular formula is C25H24N2O3. The van der Waals surface area contributed by atoms with Crippen molar-refractivity contribution >= 4 is 11.8 Å². The normalized spacial score (nSPS) is 13.2. The van der Waals surface area contributed by atoms with Crippen LogP contribution in [0.25, 0.3) is 0 Å². The quantitative estimate of drug-likeness (QED) is 0.708. The van der Waals surface area contributed by atoms with Gasteiger partial charge in [-0.15, -0.1) is 0 Å². The number of nitrogens with zero attached hydrogens (tertiary/aromatic N) is 1. The van der Waals surface area contributed by atoms with Gasteiger partial charge in [0.25, 0.3) is 11.8 Å². The van der Waals surface area contributed by atoms with Crippen LogP contribution in [0.1, 0.15) is 32.6 Å². The highest BCUT2D eigenvalue weighted by Gasteiger charge is 2.22. The first kappa shape index (κ1) is 19.7. The van der Waals surface area contributed by atoms with Crippen LogP contribution >= 0.6 is 0 Å². The molecule has 0 radical (unpaired) electrons. The minimum Gasteiger partial charge on any atom is -0.483 e. The number of carbonyl (C=O) groups is 2. The second-order valence-corrected chi connectivity index (χ2v) is 7.51. The summed E-state index contributed by atoms with van der Waals surface area (Å²) in [7, 11) is 0. The molecule has 0 atom stereocenters. The van der Waals surface area contributed by atoms with Crippen molar-refractivity contribution in [1.82, 2.24) is 10.2 Å². The van der Waals surface area contributed by atoms with E-state index in [0.29, 0.717) is 30.9 Å². The van der Waals surface area contributed by atoms with Gasteiger partial charge in [-0.3, -0.25) is 9.59 Å². The van der Waals surface area contributed by atoms with E-state index in [1.165, 1.54) is 5.56 Å². The topological polar surface area (TPSA) is 58.6 Å². The van der Waals surface area contributed by atoms with Crippen molar-refractivity contribution < 1.29 is 14.3 Å². The molecule has 0 aromatic heterocycles. The molecule has 1 aliphatic heterocycles. The van der Waals surface area contributed by atoms with Gasteiger partial charge in [-0.2, -0.15) is 0 Å². The molecule has 4 rings (SSSR count). The predicted molar refractivity (Wildman–Crippen MR) is 115 cm³/mol. The van der Waals surface area contributed by atoms with E-state index in [0.717, 1.165) is 16.7 Å². The van der Waals surface area contributed by atoms with Crippen molar-refractivity contribution in [3.05, 3.63) is 101 Å². The summed E-state index contributed by atoms with van der Waals surface area (Å²) in [4.78, 5) is 26.9. The lowest BCUT2D eigenvalue weighted by Gasteiger charge is -2.20. The first-order valence-corrected chi connectivity index (χ1v) is 9.99. The summed E-state index contributed by atoms with van der Waals surface area (Å²) in [5.74, 6) is 0.429. The van der Waals surface area contributed by atoms with E-state index in [1.807, 2.05) is 67.6 Å². The van der Waals surface area contributed by atoms with Crippen LogP contribution < -0.4 is 10.1 Å². The van der Waals surface area contributed by atoms with Crippen molar-refractivity contribution in [1.29, 1.82) is 0 Å². The van der Waals surface area contributed by atoms with Crippen molar-refractivity contribution in [3.63, 3.8) is 0 Å².